The predicted molar refractivity (Wildman–Crippen MR) is 116 cm³/mol. The molecule has 0 radical (unpaired) electrons. The Balaban J connectivity index is 1.73. The van der Waals surface area contributed by atoms with Crippen molar-refractivity contribution in [2.75, 3.05) is 6.61 Å². The van der Waals surface area contributed by atoms with Gasteiger partial charge in [-0.15, -0.1) is 0 Å². The van der Waals surface area contributed by atoms with Crippen molar-refractivity contribution in [3.8, 4) is 0 Å². The fraction of sp³-hybridized carbons (Fsp3) is 0.304. The molecule has 5 nitrogen and oxygen atoms in total. The number of aryl methyl sites for hydroxylation is 1. The minimum absolute atomic E-state index is 0.00667. The number of aromatic amines is 1. The molecule has 1 aliphatic rings. The monoisotopic (exact) mass is 452 g/mol. The summed E-state index contributed by atoms with van der Waals surface area (Å²) in [6, 6.07) is 15.0. The summed E-state index contributed by atoms with van der Waals surface area (Å²) in [6.45, 7) is 0.194. The second kappa shape index (κ2) is 8.46. The van der Waals surface area contributed by atoms with Gasteiger partial charge in [-0.1, -0.05) is 0 Å². The maximum atomic E-state index is 13.4. The maximum absolute atomic E-state index is 13.4. The van der Waals surface area contributed by atoms with Crippen LogP contribution in [0.15, 0.2) is 54.7 Å². The number of ketones is 1. The molecule has 2 aromatic carbocycles. The molecule has 150 valence electrons. The molecule has 2 atom stereocenters. The zero-order valence-electron chi connectivity index (χ0n) is 16.6. The summed E-state index contributed by atoms with van der Waals surface area (Å²) in [5.41, 5.74) is 8.65. The van der Waals surface area contributed by atoms with Crippen LogP contribution in [0.2, 0.25) is 16.6 Å². The molecule has 3 aromatic rings. The standard InChI is InChI=1S/C23H25AsN2O3/c1-24(2)11-10-17-13-25-19-9-8-16(12-18(17)19)21(20-14-29-23(28)26-20)22(27)15-6-4-3-5-7-15/h3-9,12-13,20-21,25H,10-11,14H2,1-2H3,(H,26,28). The molecule has 2 N–H and O–H groups in total. The third-order valence-corrected chi connectivity index (χ3v) is 7.77. The first kappa shape index (κ1) is 19.8. The molecule has 29 heavy (non-hydrogen) atoms. The SMILES string of the molecule is C[As](C)CCc1c[nH]c2ccc(C(C(=O)c3ccccc3)C3COC(=O)N3)cc12. The van der Waals surface area contributed by atoms with Crippen molar-refractivity contribution in [3.63, 3.8) is 0 Å². The van der Waals surface area contributed by atoms with Crippen LogP contribution in [0.5, 0.6) is 0 Å². The van der Waals surface area contributed by atoms with Crippen molar-refractivity contribution in [3.05, 3.63) is 71.4 Å². The van der Waals surface area contributed by atoms with E-state index < -0.39 is 26.7 Å². The summed E-state index contributed by atoms with van der Waals surface area (Å²) in [4.78, 5) is 28.4. The molecule has 6 heteroatoms. The number of hydrogen-bond donors (Lipinski definition) is 2. The number of benzene rings is 2. The average Bonchev–Trinajstić information content (AvgIpc) is 3.33. The van der Waals surface area contributed by atoms with Gasteiger partial charge in [-0.05, 0) is 0 Å². The number of fused-ring (bicyclic) bond motifs is 1. The van der Waals surface area contributed by atoms with Crippen molar-refractivity contribution < 1.29 is 14.3 Å². The molecule has 0 spiro atoms. The fourth-order valence-electron chi connectivity index (χ4n) is 3.87. The minimum atomic E-state index is -0.706. The fourth-order valence-corrected chi connectivity index (χ4v) is 5.31. The summed E-state index contributed by atoms with van der Waals surface area (Å²) < 4.78 is 5.11. The Kier molecular flexibility index (Phi) is 5.77. The molecule has 1 aromatic heterocycles. The topological polar surface area (TPSA) is 71.2 Å². The quantitative estimate of drug-likeness (QED) is 0.409. The van der Waals surface area contributed by atoms with Crippen molar-refractivity contribution in [2.24, 2.45) is 0 Å². The van der Waals surface area contributed by atoms with E-state index in [4.69, 9.17) is 4.74 Å². The molecule has 0 bridgehead atoms. The molecule has 0 saturated carbocycles. The number of aromatic nitrogens is 1. The Labute approximate surface area is 175 Å². The molecule has 1 aliphatic heterocycles. The van der Waals surface area contributed by atoms with Gasteiger partial charge in [-0.25, -0.2) is 0 Å². The van der Waals surface area contributed by atoms with Gasteiger partial charge in [-0.3, -0.25) is 0 Å². The summed E-state index contributed by atoms with van der Waals surface area (Å²) in [6.07, 6.45) is 2.67. The Bertz CT molecular complexity index is 1030. The molecule has 1 saturated heterocycles. The number of carbonyl (C=O) groups is 2. The van der Waals surface area contributed by atoms with Crippen LogP contribution in [0.25, 0.3) is 10.9 Å². The summed E-state index contributed by atoms with van der Waals surface area (Å²) in [5.74, 6) is -0.497. The van der Waals surface area contributed by atoms with E-state index in [1.165, 1.54) is 10.8 Å². The van der Waals surface area contributed by atoms with Crippen molar-refractivity contribution in [1.82, 2.24) is 10.3 Å². The van der Waals surface area contributed by atoms with Crippen LogP contribution in [0.3, 0.4) is 0 Å². The van der Waals surface area contributed by atoms with Crippen LogP contribution in [-0.2, 0) is 11.2 Å². The molecular formula is C23H25AsN2O3. The molecule has 4 rings (SSSR count). The molecule has 1 fully saturated rings. The van der Waals surface area contributed by atoms with Crippen LogP contribution in [0.1, 0.15) is 27.4 Å². The number of amides is 1. The number of rotatable bonds is 7. The Hall–Kier alpha value is -2.52. The molecule has 2 heterocycles. The number of hydrogen-bond acceptors (Lipinski definition) is 3. The van der Waals surface area contributed by atoms with E-state index in [2.05, 4.69) is 34.0 Å². The number of carbonyl (C=O) groups excluding carboxylic acids is 2. The van der Waals surface area contributed by atoms with Gasteiger partial charge < -0.3 is 0 Å². The van der Waals surface area contributed by atoms with E-state index in [9.17, 15) is 9.59 Å². The van der Waals surface area contributed by atoms with E-state index in [-0.39, 0.29) is 18.4 Å². The summed E-state index contributed by atoms with van der Waals surface area (Å²) in [5, 5.41) is 5.23. The first-order valence-electron chi connectivity index (χ1n) is 9.80. The number of cyclic esters (lactones) is 1. The third-order valence-electron chi connectivity index (χ3n) is 5.42. The Morgan fingerprint density at radius 2 is 2.00 bits per heavy atom. The van der Waals surface area contributed by atoms with Gasteiger partial charge in [0.2, 0.25) is 0 Å². The Morgan fingerprint density at radius 3 is 2.69 bits per heavy atom. The van der Waals surface area contributed by atoms with Gasteiger partial charge in [-0.2, -0.15) is 0 Å². The van der Waals surface area contributed by atoms with E-state index >= 15 is 0 Å². The molecule has 2 unspecified atom stereocenters. The van der Waals surface area contributed by atoms with Gasteiger partial charge in [0.1, 0.15) is 0 Å². The Morgan fingerprint density at radius 1 is 1.21 bits per heavy atom. The van der Waals surface area contributed by atoms with Crippen LogP contribution in [0, 0.1) is 0 Å². The van der Waals surface area contributed by atoms with Crippen molar-refractivity contribution in [2.45, 2.75) is 35.0 Å². The molecule has 0 aliphatic carbocycles. The second-order valence-electron chi connectivity index (χ2n) is 7.73. The molecular weight excluding hydrogens is 427 g/mol. The third kappa shape index (κ3) is 4.25. The van der Waals surface area contributed by atoms with Gasteiger partial charge in [0, 0.05) is 0 Å². The van der Waals surface area contributed by atoms with E-state index in [1.54, 1.807) is 0 Å². The van der Waals surface area contributed by atoms with E-state index in [0.29, 0.717) is 5.56 Å². The number of ether oxygens (including phenoxy) is 1. The second-order valence-corrected chi connectivity index (χ2v) is 13.2. The van der Waals surface area contributed by atoms with E-state index in [0.717, 1.165) is 22.9 Å². The van der Waals surface area contributed by atoms with Crippen molar-refractivity contribution in [1.29, 1.82) is 0 Å². The number of nitrogens with one attached hydrogen (secondary N) is 2. The van der Waals surface area contributed by atoms with E-state index in [1.807, 2.05) is 42.5 Å². The van der Waals surface area contributed by atoms with Gasteiger partial charge in [0.15, 0.2) is 0 Å². The number of alkyl carbamates (subject to hydrolysis) is 1. The summed E-state index contributed by atoms with van der Waals surface area (Å²) >= 11 is -0.706. The van der Waals surface area contributed by atoms with Crippen LogP contribution >= 0.6 is 0 Å². The number of H-pyrrole nitrogens is 1. The van der Waals surface area contributed by atoms with Gasteiger partial charge in [0.25, 0.3) is 0 Å². The predicted octanol–water partition coefficient (Wildman–Crippen LogP) is 4.54. The van der Waals surface area contributed by atoms with Crippen LogP contribution < -0.4 is 5.32 Å². The first-order valence-corrected chi connectivity index (χ1v) is 14.9. The first-order chi connectivity index (χ1) is 14.0. The van der Waals surface area contributed by atoms with Crippen LogP contribution in [0.4, 0.5) is 4.79 Å². The number of Topliss-reactive ketones (excluding diaryl/α,β-unsaturated/α-hetero) is 1. The average molecular weight is 452 g/mol. The summed E-state index contributed by atoms with van der Waals surface area (Å²) in [7, 11) is 0. The van der Waals surface area contributed by atoms with Gasteiger partial charge >= 0.3 is 175 Å². The normalized spacial score (nSPS) is 17.3. The van der Waals surface area contributed by atoms with Crippen molar-refractivity contribution >= 4 is 37.4 Å². The zero-order chi connectivity index (χ0) is 20.4. The van der Waals surface area contributed by atoms with Gasteiger partial charge in [0.05, 0.1) is 0 Å². The molecule has 1 amide bonds. The zero-order valence-corrected chi connectivity index (χ0v) is 18.5. The van der Waals surface area contributed by atoms with Crippen LogP contribution in [-0.4, -0.2) is 44.2 Å².